The second-order valence-electron chi connectivity index (χ2n) is 9.29. The molecule has 3 aliphatic heterocycles. The molecule has 2 aromatic carbocycles. The monoisotopic (exact) mass is 518 g/mol. The van der Waals surface area contributed by atoms with Gasteiger partial charge in [-0.25, -0.2) is 0 Å². The van der Waals surface area contributed by atoms with Crippen molar-refractivity contribution < 1.29 is 27.4 Å². The van der Waals surface area contributed by atoms with Crippen LogP contribution in [0, 0.1) is 0 Å². The molecule has 0 aromatic heterocycles. The average Bonchev–Trinajstić information content (AvgIpc) is 3.42. The first-order chi connectivity index (χ1) is 17.4. The summed E-state index contributed by atoms with van der Waals surface area (Å²) in [6.07, 6.45) is 2.72. The van der Waals surface area contributed by atoms with Crippen molar-refractivity contribution in [3.05, 3.63) is 53.6 Å². The highest BCUT2D eigenvalue weighted by atomic mass is 32.2. The minimum atomic E-state index is -4.53. The molecule has 2 fully saturated rings. The second kappa shape index (κ2) is 10.8. The Morgan fingerprint density at radius 3 is 2.39 bits per heavy atom. The number of fused-ring (bicyclic) bond motifs is 1. The highest BCUT2D eigenvalue weighted by molar-refractivity contribution is 7.99. The largest absolute Gasteiger partial charge is 0.486 e. The van der Waals surface area contributed by atoms with Gasteiger partial charge in [-0.3, -0.25) is 4.79 Å². The smallest absolute Gasteiger partial charge is 0.417 e. The lowest BCUT2D eigenvalue weighted by Crippen LogP contribution is -2.45. The van der Waals surface area contributed by atoms with Gasteiger partial charge in [0.15, 0.2) is 11.5 Å². The van der Waals surface area contributed by atoms with Crippen LogP contribution < -0.4 is 9.47 Å². The first-order valence-electron chi connectivity index (χ1n) is 12.4. The predicted molar refractivity (Wildman–Crippen MR) is 132 cm³/mol. The summed E-state index contributed by atoms with van der Waals surface area (Å²) in [5.41, 5.74) is -0.391. The quantitative estimate of drug-likeness (QED) is 0.473. The molecule has 1 amide bonds. The molecule has 0 aliphatic carbocycles. The van der Waals surface area contributed by atoms with Crippen LogP contribution in [0.4, 0.5) is 13.2 Å². The van der Waals surface area contributed by atoms with E-state index >= 15 is 0 Å². The molecular weight excluding hydrogens is 489 g/mol. The zero-order valence-electron chi connectivity index (χ0n) is 19.9. The first kappa shape index (κ1) is 25.0. The topological polar surface area (TPSA) is 42.0 Å². The number of ether oxygens (including phenoxy) is 2. The molecule has 36 heavy (non-hydrogen) atoms. The molecule has 3 heterocycles. The van der Waals surface area contributed by atoms with Gasteiger partial charge in [0.2, 0.25) is 5.91 Å². The Kier molecular flexibility index (Phi) is 7.48. The minimum Gasteiger partial charge on any atom is -0.486 e. The zero-order valence-corrected chi connectivity index (χ0v) is 20.7. The molecular formula is C27H29F3N2O3S. The molecule has 0 N–H and O–H groups in total. The fourth-order valence-corrected chi connectivity index (χ4v) is 5.98. The Balaban J connectivity index is 1.26. The number of hydrogen-bond donors (Lipinski definition) is 0. The normalized spacial score (nSPS) is 19.2. The Bertz CT molecular complexity index is 1120. The van der Waals surface area contributed by atoms with Crippen molar-refractivity contribution in [1.29, 1.82) is 0 Å². The highest BCUT2D eigenvalue weighted by Gasteiger charge is 2.34. The van der Waals surface area contributed by atoms with Gasteiger partial charge >= 0.3 is 6.18 Å². The van der Waals surface area contributed by atoms with Crippen molar-refractivity contribution >= 4 is 23.7 Å². The number of halogens is 3. The fourth-order valence-electron chi connectivity index (χ4n) is 5.01. The van der Waals surface area contributed by atoms with Crippen molar-refractivity contribution in [2.45, 2.75) is 47.7 Å². The first-order valence-corrected chi connectivity index (χ1v) is 13.2. The maximum atomic E-state index is 13.9. The van der Waals surface area contributed by atoms with Gasteiger partial charge in [0.25, 0.3) is 0 Å². The van der Waals surface area contributed by atoms with Crippen molar-refractivity contribution in [2.24, 2.45) is 0 Å². The number of hydrogen-bond acceptors (Lipinski definition) is 5. The number of benzene rings is 2. The van der Waals surface area contributed by atoms with Crippen molar-refractivity contribution in [3.63, 3.8) is 0 Å². The van der Waals surface area contributed by atoms with Gasteiger partial charge in [0.1, 0.15) is 13.2 Å². The third kappa shape index (κ3) is 5.83. The number of piperidine rings is 1. The molecule has 2 saturated heterocycles. The summed E-state index contributed by atoms with van der Waals surface area (Å²) in [6, 6.07) is 9.82. The number of carbonyl (C=O) groups excluding carboxylic acids is 1. The third-order valence-electron chi connectivity index (χ3n) is 6.90. The molecule has 0 atom stereocenters. The van der Waals surface area contributed by atoms with E-state index in [4.69, 9.17) is 9.47 Å². The van der Waals surface area contributed by atoms with Gasteiger partial charge in [0.05, 0.1) is 5.56 Å². The van der Waals surface area contributed by atoms with Crippen LogP contribution in [0.15, 0.2) is 52.3 Å². The molecule has 3 aliphatic rings. The predicted octanol–water partition coefficient (Wildman–Crippen LogP) is 5.73. The van der Waals surface area contributed by atoms with Crippen molar-refractivity contribution in [1.82, 2.24) is 9.80 Å². The molecule has 192 valence electrons. The Hall–Kier alpha value is -2.65. The summed E-state index contributed by atoms with van der Waals surface area (Å²) in [5, 5.41) is 0. The van der Waals surface area contributed by atoms with Crippen molar-refractivity contribution in [2.75, 3.05) is 39.4 Å². The number of likely N-dealkylation sites (tertiary alicyclic amines) is 2. The van der Waals surface area contributed by atoms with E-state index in [1.54, 1.807) is 29.2 Å². The van der Waals surface area contributed by atoms with Crippen LogP contribution in [0.25, 0.3) is 6.08 Å². The molecule has 0 unspecified atom stereocenters. The van der Waals surface area contributed by atoms with Crippen molar-refractivity contribution in [3.8, 4) is 11.5 Å². The van der Waals surface area contributed by atoms with E-state index in [0.717, 1.165) is 43.8 Å². The van der Waals surface area contributed by atoms with Crippen LogP contribution in [0.1, 0.15) is 36.8 Å². The second-order valence-corrected chi connectivity index (χ2v) is 10.4. The Morgan fingerprint density at radius 2 is 1.67 bits per heavy atom. The van der Waals surface area contributed by atoms with E-state index in [0.29, 0.717) is 54.3 Å². The molecule has 0 radical (unpaired) electrons. The van der Waals surface area contributed by atoms with E-state index in [2.05, 4.69) is 4.90 Å². The molecule has 0 saturated carbocycles. The molecule has 2 aromatic rings. The summed E-state index contributed by atoms with van der Waals surface area (Å²) in [4.78, 5) is 17.7. The van der Waals surface area contributed by atoms with Gasteiger partial charge in [0, 0.05) is 35.0 Å². The molecule has 0 bridgehead atoms. The summed E-state index contributed by atoms with van der Waals surface area (Å²) in [6.45, 7) is 4.51. The maximum absolute atomic E-state index is 13.9. The molecule has 5 nitrogen and oxygen atoms in total. The van der Waals surface area contributed by atoms with E-state index in [1.165, 1.54) is 31.1 Å². The molecule has 9 heteroatoms. The summed E-state index contributed by atoms with van der Waals surface area (Å²) >= 11 is 1.02. The Labute approximate surface area is 213 Å². The zero-order chi connectivity index (χ0) is 25.1. The number of rotatable bonds is 5. The minimum absolute atomic E-state index is 0.0895. The van der Waals surface area contributed by atoms with Crippen LogP contribution in [-0.2, 0) is 11.0 Å². The summed E-state index contributed by atoms with van der Waals surface area (Å²) < 4.78 is 52.7. The van der Waals surface area contributed by atoms with E-state index < -0.39 is 11.7 Å². The van der Waals surface area contributed by atoms with Gasteiger partial charge in [-0.15, -0.1) is 0 Å². The molecule has 0 spiro atoms. The van der Waals surface area contributed by atoms with Gasteiger partial charge in [-0.05, 0) is 80.7 Å². The summed E-state index contributed by atoms with van der Waals surface area (Å²) in [7, 11) is 0. The van der Waals surface area contributed by atoms with Crippen LogP contribution >= 0.6 is 11.8 Å². The molecule has 5 rings (SSSR count). The van der Waals surface area contributed by atoms with Gasteiger partial charge < -0.3 is 19.3 Å². The average molecular weight is 519 g/mol. The van der Waals surface area contributed by atoms with Crippen LogP contribution in [0.2, 0.25) is 0 Å². The number of alkyl halides is 3. The fraction of sp³-hybridized carbons (Fsp3) is 0.444. The highest BCUT2D eigenvalue weighted by Crippen LogP contribution is 2.42. The number of carbonyl (C=O) groups is 1. The van der Waals surface area contributed by atoms with Crippen LogP contribution in [0.3, 0.4) is 0 Å². The lowest BCUT2D eigenvalue weighted by molar-refractivity contribution is -0.139. The van der Waals surface area contributed by atoms with E-state index in [9.17, 15) is 18.0 Å². The van der Waals surface area contributed by atoms with Gasteiger partial charge in [-0.1, -0.05) is 17.8 Å². The SMILES string of the molecule is O=C(C=Cc1ccc(Sc2ccc3c(c2)OCCO3)c(C(F)(F)F)c1)N1CCC(N2CCCC2)CC1. The number of amides is 1. The van der Waals surface area contributed by atoms with Crippen LogP contribution in [-0.4, -0.2) is 61.1 Å². The lowest BCUT2D eigenvalue weighted by Gasteiger charge is -2.36. The lowest BCUT2D eigenvalue weighted by atomic mass is 10.0. The maximum Gasteiger partial charge on any atom is 0.417 e. The number of nitrogens with zero attached hydrogens (tertiary/aromatic N) is 2. The van der Waals surface area contributed by atoms with E-state index in [-0.39, 0.29) is 10.8 Å². The van der Waals surface area contributed by atoms with E-state index in [1.807, 2.05) is 0 Å². The Morgan fingerprint density at radius 1 is 0.944 bits per heavy atom. The third-order valence-corrected chi connectivity index (χ3v) is 7.97. The van der Waals surface area contributed by atoms with Crippen LogP contribution in [0.5, 0.6) is 11.5 Å². The summed E-state index contributed by atoms with van der Waals surface area (Å²) in [5.74, 6) is 0.965. The standard InChI is InChI=1S/C27H29F3N2O3S/c28-27(29,30)22-17-19(3-7-25(22)36-21-5-6-23-24(18-21)35-16-15-34-23)4-8-26(33)32-13-9-20(10-14-32)31-11-1-2-12-31/h3-8,17-18,20H,1-2,9-16H2. The van der Waals surface area contributed by atoms with Gasteiger partial charge in [-0.2, -0.15) is 13.2 Å².